The van der Waals surface area contributed by atoms with E-state index in [1.54, 1.807) is 0 Å². The molecule has 1 unspecified atom stereocenters. The van der Waals surface area contributed by atoms with Gasteiger partial charge in [-0.25, -0.2) is 4.39 Å². The molecule has 0 saturated carbocycles. The number of hydrogen-bond acceptors (Lipinski definition) is 4. The molecule has 2 rings (SSSR count). The fourth-order valence-corrected chi connectivity index (χ4v) is 2.53. The molecule has 5 nitrogen and oxygen atoms in total. The van der Waals surface area contributed by atoms with Crippen LogP contribution in [-0.4, -0.2) is 45.3 Å². The molecule has 21 heavy (non-hydrogen) atoms. The van der Waals surface area contributed by atoms with E-state index < -0.39 is 6.04 Å². The van der Waals surface area contributed by atoms with Gasteiger partial charge >= 0.3 is 0 Å². The second-order valence-corrected chi connectivity index (χ2v) is 5.03. The molecule has 1 amide bonds. The van der Waals surface area contributed by atoms with Gasteiger partial charge in [0, 0.05) is 25.3 Å². The number of rotatable bonds is 5. The smallest absolute Gasteiger partial charge is 0.245 e. The van der Waals surface area contributed by atoms with E-state index in [9.17, 15) is 9.18 Å². The Morgan fingerprint density at radius 2 is 2.29 bits per heavy atom. The van der Waals surface area contributed by atoms with E-state index in [0.29, 0.717) is 32.8 Å². The third-order valence-electron chi connectivity index (χ3n) is 3.44. The Bertz CT molecular complexity index is 496. The standard InChI is InChI=1S/C15H22FN3O2/c1-3-18-15(20)14-10-21-5-4-19(14)13-7-11(9-17-2)6-12(16)8-13/h6-8,14,17H,3-5,9-10H2,1-2H3,(H,18,20). The quantitative estimate of drug-likeness (QED) is 0.847. The molecular weight excluding hydrogens is 273 g/mol. The number of carbonyl (C=O) groups excluding carboxylic acids is 1. The summed E-state index contributed by atoms with van der Waals surface area (Å²) in [7, 11) is 1.82. The monoisotopic (exact) mass is 295 g/mol. The molecule has 1 aliphatic heterocycles. The van der Waals surface area contributed by atoms with Crippen LogP contribution in [0.4, 0.5) is 10.1 Å². The molecule has 0 spiro atoms. The van der Waals surface area contributed by atoms with Gasteiger partial charge in [-0.05, 0) is 37.7 Å². The van der Waals surface area contributed by atoms with Gasteiger partial charge in [0.2, 0.25) is 5.91 Å². The maximum Gasteiger partial charge on any atom is 0.245 e. The molecule has 0 aromatic heterocycles. The van der Waals surface area contributed by atoms with E-state index in [1.165, 1.54) is 12.1 Å². The molecule has 1 aromatic rings. The van der Waals surface area contributed by atoms with Crippen molar-refractivity contribution in [3.63, 3.8) is 0 Å². The first kappa shape index (κ1) is 15.7. The third kappa shape index (κ3) is 3.92. The van der Waals surface area contributed by atoms with Crippen molar-refractivity contribution in [2.45, 2.75) is 19.5 Å². The van der Waals surface area contributed by atoms with E-state index in [-0.39, 0.29) is 11.7 Å². The highest BCUT2D eigenvalue weighted by molar-refractivity contribution is 5.85. The van der Waals surface area contributed by atoms with E-state index >= 15 is 0 Å². The predicted octanol–water partition coefficient (Wildman–Crippen LogP) is 0.886. The Morgan fingerprint density at radius 1 is 1.48 bits per heavy atom. The van der Waals surface area contributed by atoms with Crippen LogP contribution in [0, 0.1) is 5.82 Å². The summed E-state index contributed by atoms with van der Waals surface area (Å²) in [6.45, 7) is 4.46. The minimum absolute atomic E-state index is 0.0865. The summed E-state index contributed by atoms with van der Waals surface area (Å²) < 4.78 is 19.2. The Labute approximate surface area is 124 Å². The highest BCUT2D eigenvalue weighted by atomic mass is 19.1. The molecule has 2 N–H and O–H groups in total. The van der Waals surface area contributed by atoms with Crippen LogP contribution in [0.2, 0.25) is 0 Å². The Balaban J connectivity index is 2.26. The fraction of sp³-hybridized carbons (Fsp3) is 0.533. The maximum absolute atomic E-state index is 13.8. The fourth-order valence-electron chi connectivity index (χ4n) is 2.53. The van der Waals surface area contributed by atoms with Gasteiger partial charge in [-0.1, -0.05) is 0 Å². The highest BCUT2D eigenvalue weighted by Crippen LogP contribution is 2.23. The van der Waals surface area contributed by atoms with Gasteiger partial charge in [-0.3, -0.25) is 4.79 Å². The molecule has 1 fully saturated rings. The molecule has 0 aliphatic carbocycles. The minimum Gasteiger partial charge on any atom is -0.377 e. The number of morpholine rings is 1. The van der Waals surface area contributed by atoms with Gasteiger partial charge in [0.1, 0.15) is 11.9 Å². The summed E-state index contributed by atoms with van der Waals surface area (Å²) in [6.07, 6.45) is 0. The number of anilines is 1. The predicted molar refractivity (Wildman–Crippen MR) is 79.8 cm³/mol. The van der Waals surface area contributed by atoms with E-state index in [1.807, 2.05) is 24.9 Å². The van der Waals surface area contributed by atoms with Crippen LogP contribution in [0.5, 0.6) is 0 Å². The molecule has 0 radical (unpaired) electrons. The second kappa shape index (κ2) is 7.38. The van der Waals surface area contributed by atoms with Gasteiger partial charge in [0.15, 0.2) is 0 Å². The lowest BCUT2D eigenvalue weighted by molar-refractivity contribution is -0.124. The van der Waals surface area contributed by atoms with Gasteiger partial charge < -0.3 is 20.3 Å². The highest BCUT2D eigenvalue weighted by Gasteiger charge is 2.29. The Hall–Kier alpha value is -1.66. The van der Waals surface area contributed by atoms with Gasteiger partial charge in [-0.15, -0.1) is 0 Å². The normalized spacial score (nSPS) is 18.6. The lowest BCUT2D eigenvalue weighted by Crippen LogP contribution is -2.54. The molecule has 1 aliphatic rings. The van der Waals surface area contributed by atoms with Crippen molar-refractivity contribution in [3.05, 3.63) is 29.6 Å². The Kier molecular flexibility index (Phi) is 5.52. The third-order valence-corrected chi connectivity index (χ3v) is 3.44. The zero-order valence-electron chi connectivity index (χ0n) is 12.5. The van der Waals surface area contributed by atoms with Crippen LogP contribution in [0.15, 0.2) is 18.2 Å². The van der Waals surface area contributed by atoms with Crippen LogP contribution >= 0.6 is 0 Å². The molecule has 1 aromatic carbocycles. The zero-order valence-corrected chi connectivity index (χ0v) is 12.5. The van der Waals surface area contributed by atoms with Crippen molar-refractivity contribution < 1.29 is 13.9 Å². The first-order chi connectivity index (χ1) is 10.2. The number of carbonyl (C=O) groups is 1. The Morgan fingerprint density at radius 3 is 3.00 bits per heavy atom. The number of ether oxygens (including phenoxy) is 1. The second-order valence-electron chi connectivity index (χ2n) is 5.03. The molecule has 1 saturated heterocycles. The average Bonchev–Trinajstić information content (AvgIpc) is 2.47. The number of nitrogens with one attached hydrogen (secondary N) is 2. The van der Waals surface area contributed by atoms with Crippen LogP contribution in [0.1, 0.15) is 12.5 Å². The number of nitrogens with zero attached hydrogens (tertiary/aromatic N) is 1. The number of amides is 1. The van der Waals surface area contributed by atoms with Crippen molar-refractivity contribution in [3.8, 4) is 0 Å². The van der Waals surface area contributed by atoms with Crippen molar-refractivity contribution in [1.29, 1.82) is 0 Å². The number of hydrogen-bond donors (Lipinski definition) is 2. The molecule has 0 bridgehead atoms. The largest absolute Gasteiger partial charge is 0.377 e. The lowest BCUT2D eigenvalue weighted by Gasteiger charge is -2.36. The first-order valence-corrected chi connectivity index (χ1v) is 7.22. The van der Waals surface area contributed by atoms with Crippen LogP contribution in [0.25, 0.3) is 0 Å². The summed E-state index contributed by atoms with van der Waals surface area (Å²) in [5, 5.41) is 5.81. The van der Waals surface area contributed by atoms with E-state index in [4.69, 9.17) is 4.74 Å². The topological polar surface area (TPSA) is 53.6 Å². The van der Waals surface area contributed by atoms with Gasteiger partial charge in [-0.2, -0.15) is 0 Å². The summed E-state index contributed by atoms with van der Waals surface area (Å²) in [6, 6.07) is 4.47. The molecule has 6 heteroatoms. The molecular formula is C15H22FN3O2. The van der Waals surface area contributed by atoms with Crippen molar-refractivity contribution in [2.75, 3.05) is 38.3 Å². The van der Waals surface area contributed by atoms with Gasteiger partial charge in [0.05, 0.1) is 13.2 Å². The minimum atomic E-state index is -0.414. The zero-order chi connectivity index (χ0) is 15.2. The molecule has 1 atom stereocenters. The molecule has 1 heterocycles. The lowest BCUT2D eigenvalue weighted by atomic mass is 10.1. The van der Waals surface area contributed by atoms with E-state index in [2.05, 4.69) is 10.6 Å². The summed E-state index contributed by atoms with van der Waals surface area (Å²) in [5.74, 6) is -0.379. The van der Waals surface area contributed by atoms with Crippen molar-refractivity contribution >= 4 is 11.6 Å². The van der Waals surface area contributed by atoms with Crippen molar-refractivity contribution in [2.24, 2.45) is 0 Å². The first-order valence-electron chi connectivity index (χ1n) is 7.22. The average molecular weight is 295 g/mol. The maximum atomic E-state index is 13.8. The van der Waals surface area contributed by atoms with Crippen LogP contribution < -0.4 is 15.5 Å². The van der Waals surface area contributed by atoms with Crippen LogP contribution in [-0.2, 0) is 16.1 Å². The summed E-state index contributed by atoms with van der Waals surface area (Å²) in [5.41, 5.74) is 1.58. The number of benzene rings is 1. The van der Waals surface area contributed by atoms with Gasteiger partial charge in [0.25, 0.3) is 0 Å². The number of halogens is 1. The summed E-state index contributed by atoms with van der Waals surface area (Å²) >= 11 is 0. The molecule has 116 valence electrons. The van der Waals surface area contributed by atoms with E-state index in [0.717, 1.165) is 11.3 Å². The van der Waals surface area contributed by atoms with Crippen molar-refractivity contribution in [1.82, 2.24) is 10.6 Å². The van der Waals surface area contributed by atoms with Crippen LogP contribution in [0.3, 0.4) is 0 Å². The number of likely N-dealkylation sites (N-methyl/N-ethyl adjacent to an activating group) is 1. The SMILES string of the molecule is CCNC(=O)C1COCCN1c1cc(F)cc(CNC)c1. The summed E-state index contributed by atoms with van der Waals surface area (Å²) in [4.78, 5) is 14.1.